The second kappa shape index (κ2) is 6.67. The van der Waals surface area contributed by atoms with Crippen LogP contribution in [0.25, 0.3) is 10.8 Å². The van der Waals surface area contributed by atoms with Crippen LogP contribution in [0, 0.1) is 0 Å². The van der Waals surface area contributed by atoms with Gasteiger partial charge < -0.3 is 4.90 Å². The maximum atomic E-state index is 12.7. The van der Waals surface area contributed by atoms with Gasteiger partial charge in [0.15, 0.2) is 0 Å². The molecule has 0 aromatic heterocycles. The largest absolute Gasteiger partial charge is 0.377 e. The minimum absolute atomic E-state index is 0.0673. The predicted octanol–water partition coefficient (Wildman–Crippen LogP) is 3.37. The van der Waals surface area contributed by atoms with Crippen LogP contribution in [-0.4, -0.2) is 28.6 Å². The second-order valence-corrected chi connectivity index (χ2v) is 7.52. The minimum Gasteiger partial charge on any atom is -0.377 e. The molecule has 0 heterocycles. The van der Waals surface area contributed by atoms with Gasteiger partial charge in [-0.2, -0.15) is 0 Å². The molecule has 120 valence electrons. The highest BCUT2D eigenvalue weighted by Gasteiger charge is 2.20. The van der Waals surface area contributed by atoms with Gasteiger partial charge in [-0.15, -0.1) is 0 Å². The topological polar surface area (TPSA) is 49.4 Å². The Morgan fingerprint density at radius 1 is 1.09 bits per heavy atom. The molecular formula is C17H24N2O2S. The third-order valence-electron chi connectivity index (χ3n) is 3.71. The van der Waals surface area contributed by atoms with Crippen molar-refractivity contribution in [2.24, 2.45) is 0 Å². The van der Waals surface area contributed by atoms with Gasteiger partial charge >= 0.3 is 0 Å². The lowest BCUT2D eigenvalue weighted by Crippen LogP contribution is -2.32. The third kappa shape index (κ3) is 3.42. The number of anilines is 1. The van der Waals surface area contributed by atoms with Crippen LogP contribution in [-0.2, 0) is 10.0 Å². The Kier molecular flexibility index (Phi) is 5.08. The van der Waals surface area contributed by atoms with E-state index in [0.717, 1.165) is 29.3 Å². The van der Waals surface area contributed by atoms with E-state index in [1.807, 2.05) is 57.1 Å². The van der Waals surface area contributed by atoms with Gasteiger partial charge in [-0.3, -0.25) is 0 Å². The molecular weight excluding hydrogens is 296 g/mol. The number of hydrogen-bond acceptors (Lipinski definition) is 3. The maximum Gasteiger partial charge on any atom is 0.241 e. The minimum atomic E-state index is -3.52. The monoisotopic (exact) mass is 320 g/mol. The second-order valence-electron chi connectivity index (χ2n) is 5.83. The Bertz CT molecular complexity index is 754. The first kappa shape index (κ1) is 16.8. The van der Waals surface area contributed by atoms with Gasteiger partial charge in [0.05, 0.1) is 4.90 Å². The summed E-state index contributed by atoms with van der Waals surface area (Å²) < 4.78 is 28.1. The molecule has 2 aromatic rings. The van der Waals surface area contributed by atoms with Gasteiger partial charge in [-0.05, 0) is 25.5 Å². The van der Waals surface area contributed by atoms with E-state index in [0.29, 0.717) is 4.90 Å². The summed E-state index contributed by atoms with van der Waals surface area (Å²) in [5.74, 6) is 0. The van der Waals surface area contributed by atoms with Crippen molar-refractivity contribution in [3.63, 3.8) is 0 Å². The fourth-order valence-corrected chi connectivity index (χ4v) is 4.21. The molecule has 0 aliphatic carbocycles. The van der Waals surface area contributed by atoms with Gasteiger partial charge in [-0.1, -0.05) is 37.6 Å². The van der Waals surface area contributed by atoms with Crippen molar-refractivity contribution in [2.75, 3.05) is 19.0 Å². The molecule has 0 aliphatic heterocycles. The van der Waals surface area contributed by atoms with E-state index in [4.69, 9.17) is 0 Å². The smallest absolute Gasteiger partial charge is 0.241 e. The number of sulfonamides is 1. The lowest BCUT2D eigenvalue weighted by Gasteiger charge is -2.18. The van der Waals surface area contributed by atoms with E-state index in [1.165, 1.54) is 0 Å². The Morgan fingerprint density at radius 2 is 1.73 bits per heavy atom. The quantitative estimate of drug-likeness (QED) is 0.888. The number of rotatable bonds is 6. The SMILES string of the molecule is CCC[C@@H](C)NS(=O)(=O)c1cccc2c(N(C)C)cccc12. The standard InChI is InChI=1S/C17H24N2O2S/c1-5-8-13(2)18-22(20,21)17-12-7-9-14-15(17)10-6-11-16(14)19(3)4/h6-7,9-13,18H,5,8H2,1-4H3/t13-/m1/s1. The summed E-state index contributed by atoms with van der Waals surface area (Å²) in [6.07, 6.45) is 1.77. The van der Waals surface area contributed by atoms with Crippen molar-refractivity contribution in [1.29, 1.82) is 0 Å². The maximum absolute atomic E-state index is 12.7. The summed E-state index contributed by atoms with van der Waals surface area (Å²) in [6.45, 7) is 3.95. The van der Waals surface area contributed by atoms with Crippen molar-refractivity contribution >= 4 is 26.5 Å². The zero-order valence-electron chi connectivity index (χ0n) is 13.6. The van der Waals surface area contributed by atoms with E-state index in [2.05, 4.69) is 4.72 Å². The summed E-state index contributed by atoms with van der Waals surface area (Å²) in [5.41, 5.74) is 1.01. The Labute approximate surface area is 133 Å². The van der Waals surface area contributed by atoms with Crippen LogP contribution in [0.1, 0.15) is 26.7 Å². The fourth-order valence-electron chi connectivity index (χ4n) is 2.71. The van der Waals surface area contributed by atoms with E-state index in [9.17, 15) is 8.42 Å². The van der Waals surface area contributed by atoms with E-state index in [-0.39, 0.29) is 6.04 Å². The predicted molar refractivity (Wildman–Crippen MR) is 93.0 cm³/mol. The number of fused-ring (bicyclic) bond motifs is 1. The lowest BCUT2D eigenvalue weighted by molar-refractivity contribution is 0.544. The number of nitrogens with one attached hydrogen (secondary N) is 1. The number of nitrogens with zero attached hydrogens (tertiary/aromatic N) is 1. The van der Waals surface area contributed by atoms with Crippen LogP contribution in [0.15, 0.2) is 41.3 Å². The van der Waals surface area contributed by atoms with Crippen molar-refractivity contribution in [2.45, 2.75) is 37.6 Å². The molecule has 2 aromatic carbocycles. The van der Waals surface area contributed by atoms with Crippen LogP contribution in [0.4, 0.5) is 5.69 Å². The molecule has 0 fully saturated rings. The van der Waals surface area contributed by atoms with E-state index >= 15 is 0 Å². The van der Waals surface area contributed by atoms with Crippen LogP contribution in [0.3, 0.4) is 0 Å². The van der Waals surface area contributed by atoms with Crippen LogP contribution >= 0.6 is 0 Å². The Balaban J connectivity index is 2.54. The van der Waals surface area contributed by atoms with Crippen molar-refractivity contribution < 1.29 is 8.42 Å². The molecule has 4 nitrogen and oxygen atoms in total. The molecule has 0 bridgehead atoms. The highest BCUT2D eigenvalue weighted by Crippen LogP contribution is 2.30. The Hall–Kier alpha value is -1.59. The molecule has 0 saturated carbocycles. The van der Waals surface area contributed by atoms with Gasteiger partial charge in [0.1, 0.15) is 0 Å². The Morgan fingerprint density at radius 3 is 2.36 bits per heavy atom. The highest BCUT2D eigenvalue weighted by atomic mass is 32.2. The van der Waals surface area contributed by atoms with Gasteiger partial charge in [-0.25, -0.2) is 13.1 Å². The third-order valence-corrected chi connectivity index (χ3v) is 5.36. The number of hydrogen-bond donors (Lipinski definition) is 1. The van der Waals surface area contributed by atoms with Crippen LogP contribution in [0.5, 0.6) is 0 Å². The normalized spacial score (nSPS) is 13.3. The first-order chi connectivity index (χ1) is 10.4. The molecule has 0 aliphatic rings. The first-order valence-electron chi connectivity index (χ1n) is 7.58. The van der Waals surface area contributed by atoms with Crippen molar-refractivity contribution in [1.82, 2.24) is 4.72 Å². The molecule has 22 heavy (non-hydrogen) atoms. The molecule has 1 N–H and O–H groups in total. The van der Waals surface area contributed by atoms with Gasteiger partial charge in [0, 0.05) is 36.6 Å². The highest BCUT2D eigenvalue weighted by molar-refractivity contribution is 7.89. The molecule has 0 saturated heterocycles. The van der Waals surface area contributed by atoms with E-state index < -0.39 is 10.0 Å². The fraction of sp³-hybridized carbons (Fsp3) is 0.412. The van der Waals surface area contributed by atoms with Gasteiger partial charge in [0.25, 0.3) is 0 Å². The summed E-state index contributed by atoms with van der Waals surface area (Å²) >= 11 is 0. The molecule has 1 atom stereocenters. The zero-order chi connectivity index (χ0) is 16.3. The van der Waals surface area contributed by atoms with Gasteiger partial charge in [0.2, 0.25) is 10.0 Å². The first-order valence-corrected chi connectivity index (χ1v) is 9.06. The molecule has 5 heteroatoms. The summed E-state index contributed by atoms with van der Waals surface area (Å²) in [4.78, 5) is 2.34. The number of benzene rings is 2. The van der Waals surface area contributed by atoms with E-state index in [1.54, 1.807) is 12.1 Å². The van der Waals surface area contributed by atoms with Crippen molar-refractivity contribution in [3.05, 3.63) is 36.4 Å². The van der Waals surface area contributed by atoms with Crippen LogP contribution < -0.4 is 9.62 Å². The van der Waals surface area contributed by atoms with Crippen LogP contribution in [0.2, 0.25) is 0 Å². The molecule has 0 spiro atoms. The van der Waals surface area contributed by atoms with Crippen molar-refractivity contribution in [3.8, 4) is 0 Å². The summed E-state index contributed by atoms with van der Waals surface area (Å²) in [6, 6.07) is 11.1. The lowest BCUT2D eigenvalue weighted by atomic mass is 10.1. The molecule has 0 unspecified atom stereocenters. The average Bonchev–Trinajstić information content (AvgIpc) is 2.45. The summed E-state index contributed by atoms with van der Waals surface area (Å²) in [7, 11) is 0.392. The summed E-state index contributed by atoms with van der Waals surface area (Å²) in [5, 5.41) is 1.70. The molecule has 0 radical (unpaired) electrons. The molecule has 2 rings (SSSR count). The average molecular weight is 320 g/mol. The zero-order valence-corrected chi connectivity index (χ0v) is 14.4. The molecule has 0 amide bonds.